The van der Waals surface area contributed by atoms with Crippen LogP contribution in [-0.4, -0.2) is 44.2 Å². The summed E-state index contributed by atoms with van der Waals surface area (Å²) in [4.78, 5) is 18.0. The van der Waals surface area contributed by atoms with Gasteiger partial charge in [0.15, 0.2) is 0 Å². The molecule has 0 radical (unpaired) electrons. The molecule has 3 aromatic carbocycles. The zero-order chi connectivity index (χ0) is 22.3. The van der Waals surface area contributed by atoms with E-state index in [9.17, 15) is 4.79 Å². The van der Waals surface area contributed by atoms with Gasteiger partial charge < -0.3 is 14.4 Å². The Hall–Kier alpha value is -3.31. The van der Waals surface area contributed by atoms with Crippen molar-refractivity contribution in [3.8, 4) is 11.5 Å². The minimum atomic E-state index is 0.0325. The van der Waals surface area contributed by atoms with Gasteiger partial charge in [-0.3, -0.25) is 9.69 Å². The predicted molar refractivity (Wildman–Crippen MR) is 128 cm³/mol. The number of likely N-dealkylation sites (tertiary alicyclic amines) is 1. The second-order valence-electron chi connectivity index (χ2n) is 8.10. The summed E-state index contributed by atoms with van der Waals surface area (Å²) in [6, 6.07) is 25.7. The molecule has 5 heteroatoms. The molecule has 0 N–H and O–H groups in total. The van der Waals surface area contributed by atoms with Crippen LogP contribution >= 0.6 is 0 Å². The summed E-state index contributed by atoms with van der Waals surface area (Å²) >= 11 is 0. The molecule has 3 aromatic rings. The second kappa shape index (κ2) is 10.3. The summed E-state index contributed by atoms with van der Waals surface area (Å²) in [7, 11) is 3.35. The highest BCUT2D eigenvalue weighted by Gasteiger charge is 2.30. The summed E-state index contributed by atoms with van der Waals surface area (Å²) in [6.07, 6.45) is 1.83. The maximum atomic E-state index is 13.5. The zero-order valence-electron chi connectivity index (χ0n) is 18.7. The molecule has 4 rings (SSSR count). The van der Waals surface area contributed by atoms with Gasteiger partial charge in [0.25, 0.3) is 5.91 Å². The summed E-state index contributed by atoms with van der Waals surface area (Å²) < 4.78 is 10.8. The number of ether oxygens (including phenoxy) is 2. The number of piperidine rings is 1. The fourth-order valence-corrected chi connectivity index (χ4v) is 4.34. The SMILES string of the molecule is COc1cccc(CN2CCC(N(C(=O)c3ccccc3)c3cccc(OC)c3)CC2)c1. The highest BCUT2D eigenvalue weighted by Crippen LogP contribution is 2.29. The van der Waals surface area contributed by atoms with E-state index in [1.165, 1.54) is 5.56 Å². The summed E-state index contributed by atoms with van der Waals surface area (Å²) in [5.74, 6) is 1.67. The van der Waals surface area contributed by atoms with Crippen molar-refractivity contribution in [1.29, 1.82) is 0 Å². The van der Waals surface area contributed by atoms with Crippen molar-refractivity contribution in [1.82, 2.24) is 4.90 Å². The van der Waals surface area contributed by atoms with Crippen LogP contribution < -0.4 is 14.4 Å². The molecule has 5 nitrogen and oxygen atoms in total. The largest absolute Gasteiger partial charge is 0.497 e. The molecule has 1 fully saturated rings. The van der Waals surface area contributed by atoms with Gasteiger partial charge >= 0.3 is 0 Å². The first-order valence-corrected chi connectivity index (χ1v) is 11.1. The van der Waals surface area contributed by atoms with Crippen molar-refractivity contribution in [2.24, 2.45) is 0 Å². The van der Waals surface area contributed by atoms with E-state index in [1.54, 1.807) is 14.2 Å². The number of amides is 1. The van der Waals surface area contributed by atoms with Crippen LogP contribution in [0.2, 0.25) is 0 Å². The zero-order valence-corrected chi connectivity index (χ0v) is 18.7. The Bertz CT molecular complexity index is 1030. The van der Waals surface area contributed by atoms with Crippen LogP contribution in [0.25, 0.3) is 0 Å². The Balaban J connectivity index is 1.51. The minimum absolute atomic E-state index is 0.0325. The molecule has 0 unspecified atom stereocenters. The van der Waals surface area contributed by atoms with E-state index in [2.05, 4.69) is 17.0 Å². The Morgan fingerprint density at radius 1 is 0.875 bits per heavy atom. The first-order valence-electron chi connectivity index (χ1n) is 11.1. The molecule has 0 saturated carbocycles. The maximum absolute atomic E-state index is 13.5. The molecule has 1 aliphatic rings. The van der Waals surface area contributed by atoms with Crippen LogP contribution in [0.15, 0.2) is 78.9 Å². The van der Waals surface area contributed by atoms with E-state index in [1.807, 2.05) is 71.6 Å². The topological polar surface area (TPSA) is 42.0 Å². The molecule has 0 aliphatic carbocycles. The lowest BCUT2D eigenvalue weighted by Crippen LogP contribution is -2.47. The van der Waals surface area contributed by atoms with E-state index < -0.39 is 0 Å². The average molecular weight is 431 g/mol. The van der Waals surface area contributed by atoms with Crippen LogP contribution in [0.1, 0.15) is 28.8 Å². The van der Waals surface area contributed by atoms with E-state index in [0.717, 1.165) is 49.7 Å². The van der Waals surface area contributed by atoms with Crippen molar-refractivity contribution in [3.63, 3.8) is 0 Å². The van der Waals surface area contributed by atoms with Crippen LogP contribution in [0.3, 0.4) is 0 Å². The van der Waals surface area contributed by atoms with Gasteiger partial charge in [-0.1, -0.05) is 36.4 Å². The molecule has 1 saturated heterocycles. The molecule has 1 amide bonds. The Morgan fingerprint density at radius 2 is 1.53 bits per heavy atom. The van der Waals surface area contributed by atoms with E-state index in [0.29, 0.717) is 5.56 Å². The van der Waals surface area contributed by atoms with E-state index in [4.69, 9.17) is 9.47 Å². The summed E-state index contributed by atoms with van der Waals surface area (Å²) in [5, 5.41) is 0. The molecule has 166 valence electrons. The van der Waals surface area contributed by atoms with Gasteiger partial charge in [-0.2, -0.15) is 0 Å². The van der Waals surface area contributed by atoms with Crippen molar-refractivity contribution in [3.05, 3.63) is 90.0 Å². The molecule has 1 aliphatic heterocycles. The van der Waals surface area contributed by atoms with E-state index >= 15 is 0 Å². The van der Waals surface area contributed by atoms with Gasteiger partial charge in [0.05, 0.1) is 14.2 Å². The second-order valence-corrected chi connectivity index (χ2v) is 8.10. The van der Waals surface area contributed by atoms with Gasteiger partial charge in [-0.05, 0) is 54.8 Å². The number of hydrogen-bond acceptors (Lipinski definition) is 4. The average Bonchev–Trinajstić information content (AvgIpc) is 2.86. The Kier molecular flexibility index (Phi) is 7.07. The lowest BCUT2D eigenvalue weighted by atomic mass is 10.00. The van der Waals surface area contributed by atoms with Crippen molar-refractivity contribution >= 4 is 11.6 Å². The first-order chi connectivity index (χ1) is 15.7. The molecule has 0 spiro atoms. The van der Waals surface area contributed by atoms with Gasteiger partial charge in [-0.25, -0.2) is 0 Å². The number of nitrogens with zero attached hydrogens (tertiary/aromatic N) is 2. The third kappa shape index (κ3) is 5.11. The molecule has 0 bridgehead atoms. The fourth-order valence-electron chi connectivity index (χ4n) is 4.34. The Morgan fingerprint density at radius 3 is 2.22 bits per heavy atom. The Labute approximate surface area is 190 Å². The molecular weight excluding hydrogens is 400 g/mol. The van der Waals surface area contributed by atoms with Gasteiger partial charge in [0.1, 0.15) is 11.5 Å². The first kappa shape index (κ1) is 21.9. The number of methoxy groups -OCH3 is 2. The lowest BCUT2D eigenvalue weighted by molar-refractivity contribution is 0.0958. The molecule has 32 heavy (non-hydrogen) atoms. The van der Waals surface area contributed by atoms with Crippen LogP contribution in [0.4, 0.5) is 5.69 Å². The van der Waals surface area contributed by atoms with Crippen LogP contribution in [0, 0.1) is 0 Å². The number of carbonyl (C=O) groups is 1. The number of benzene rings is 3. The fraction of sp³-hybridized carbons (Fsp3) is 0.296. The van der Waals surface area contributed by atoms with Crippen molar-refractivity contribution in [2.75, 3.05) is 32.2 Å². The molecular formula is C27H30N2O3. The molecule has 0 atom stereocenters. The van der Waals surface area contributed by atoms with Gasteiger partial charge in [-0.15, -0.1) is 0 Å². The highest BCUT2D eigenvalue weighted by molar-refractivity contribution is 6.06. The molecule has 1 heterocycles. The van der Waals surface area contributed by atoms with Crippen LogP contribution in [0.5, 0.6) is 11.5 Å². The predicted octanol–water partition coefficient (Wildman–Crippen LogP) is 5.02. The summed E-state index contributed by atoms with van der Waals surface area (Å²) in [5.41, 5.74) is 2.83. The standard InChI is InChI=1S/C27H30N2O3/c1-31-25-12-6-8-21(18-25)20-28-16-14-23(15-17-28)29(24-11-7-13-26(19-24)32-2)27(30)22-9-4-3-5-10-22/h3-13,18-19,23H,14-17,20H2,1-2H3. The van der Waals surface area contributed by atoms with Gasteiger partial charge in [0.2, 0.25) is 0 Å². The smallest absolute Gasteiger partial charge is 0.258 e. The number of hydrogen-bond donors (Lipinski definition) is 0. The third-order valence-electron chi connectivity index (χ3n) is 6.03. The minimum Gasteiger partial charge on any atom is -0.497 e. The van der Waals surface area contributed by atoms with Crippen LogP contribution in [-0.2, 0) is 6.54 Å². The maximum Gasteiger partial charge on any atom is 0.258 e. The number of anilines is 1. The lowest BCUT2D eigenvalue weighted by Gasteiger charge is -2.38. The van der Waals surface area contributed by atoms with E-state index in [-0.39, 0.29) is 11.9 Å². The van der Waals surface area contributed by atoms with Crippen molar-refractivity contribution < 1.29 is 14.3 Å². The monoisotopic (exact) mass is 430 g/mol. The third-order valence-corrected chi connectivity index (χ3v) is 6.03. The van der Waals surface area contributed by atoms with Crippen molar-refractivity contribution in [2.45, 2.75) is 25.4 Å². The summed E-state index contributed by atoms with van der Waals surface area (Å²) in [6.45, 7) is 2.75. The highest BCUT2D eigenvalue weighted by atomic mass is 16.5. The molecule has 0 aromatic heterocycles. The quantitative estimate of drug-likeness (QED) is 0.528. The van der Waals surface area contributed by atoms with Gasteiger partial charge in [0, 0.05) is 43.0 Å². The number of carbonyl (C=O) groups excluding carboxylic acids is 1. The number of rotatable bonds is 7. The normalized spacial score (nSPS) is 14.7.